The highest BCUT2D eigenvalue weighted by Gasteiger charge is 2.08. The van der Waals surface area contributed by atoms with Crippen molar-refractivity contribution >= 4 is 39.1 Å². The van der Waals surface area contributed by atoms with Crippen molar-refractivity contribution < 1.29 is 9.53 Å². The van der Waals surface area contributed by atoms with Crippen molar-refractivity contribution in [2.24, 2.45) is 12.0 Å². The molecular weight excluding hydrogens is 344 g/mol. The molecule has 0 N–H and O–H groups in total. The molecule has 0 aliphatic carbocycles. The molecule has 3 aromatic rings. The minimum absolute atomic E-state index is 0.103. The van der Waals surface area contributed by atoms with E-state index < -0.39 is 0 Å². The summed E-state index contributed by atoms with van der Waals surface area (Å²) in [5.41, 5.74) is 3.48. The number of aromatic nitrogens is 1. The number of fused-ring (bicyclic) bond motifs is 1. The third kappa shape index (κ3) is 3.52. The van der Waals surface area contributed by atoms with Crippen molar-refractivity contribution in [3.63, 3.8) is 0 Å². The molecule has 0 aliphatic rings. The van der Waals surface area contributed by atoms with Crippen LogP contribution < -0.4 is 9.54 Å². The van der Waals surface area contributed by atoms with Crippen LogP contribution in [0.2, 0.25) is 5.02 Å². The molecule has 2 aromatic carbocycles. The van der Waals surface area contributed by atoms with E-state index in [9.17, 15) is 4.79 Å². The maximum absolute atomic E-state index is 12.1. The van der Waals surface area contributed by atoms with E-state index in [0.717, 1.165) is 10.2 Å². The van der Waals surface area contributed by atoms with Crippen molar-refractivity contribution in [1.29, 1.82) is 0 Å². The minimum Gasteiger partial charge on any atom is -0.484 e. The molecule has 6 heteroatoms. The largest absolute Gasteiger partial charge is 0.484 e. The van der Waals surface area contributed by atoms with Gasteiger partial charge in [0.25, 0.3) is 5.91 Å². The van der Waals surface area contributed by atoms with Crippen LogP contribution in [-0.2, 0) is 11.8 Å². The molecule has 0 saturated heterocycles. The average Bonchev–Trinajstić information content (AvgIpc) is 2.82. The quantitative estimate of drug-likeness (QED) is 0.708. The van der Waals surface area contributed by atoms with Gasteiger partial charge < -0.3 is 9.30 Å². The molecule has 24 heavy (non-hydrogen) atoms. The van der Waals surface area contributed by atoms with Crippen LogP contribution in [0, 0.1) is 13.8 Å². The van der Waals surface area contributed by atoms with Crippen LogP contribution in [0.4, 0.5) is 0 Å². The highest BCUT2D eigenvalue weighted by atomic mass is 35.5. The van der Waals surface area contributed by atoms with E-state index in [0.29, 0.717) is 15.6 Å². The Morgan fingerprint density at radius 2 is 1.96 bits per heavy atom. The lowest BCUT2D eigenvalue weighted by Crippen LogP contribution is -2.17. The highest BCUT2D eigenvalue weighted by Crippen LogP contribution is 2.22. The van der Waals surface area contributed by atoms with Crippen LogP contribution >= 0.6 is 22.9 Å². The van der Waals surface area contributed by atoms with E-state index in [1.165, 1.54) is 22.5 Å². The first-order chi connectivity index (χ1) is 11.4. The number of nitrogens with zero attached hydrogens (tertiary/aromatic N) is 2. The lowest BCUT2D eigenvalue weighted by Gasteiger charge is -2.03. The highest BCUT2D eigenvalue weighted by molar-refractivity contribution is 7.16. The normalized spacial score (nSPS) is 11.9. The standard InChI is InChI=1S/C18H17ClN2O2S/c1-11-8-12(2)17-15(9-11)24-18(21(17)3)20-16(22)10-23-14-6-4-13(19)5-7-14/h4-9H,10H2,1-3H3. The predicted molar refractivity (Wildman–Crippen MR) is 97.8 cm³/mol. The Morgan fingerprint density at radius 1 is 1.25 bits per heavy atom. The van der Waals surface area contributed by atoms with Gasteiger partial charge in [-0.25, -0.2) is 0 Å². The summed E-state index contributed by atoms with van der Waals surface area (Å²) >= 11 is 7.33. The fourth-order valence-electron chi connectivity index (χ4n) is 2.60. The number of hydrogen-bond donors (Lipinski definition) is 0. The first-order valence-corrected chi connectivity index (χ1v) is 8.66. The molecule has 3 rings (SSSR count). The van der Waals surface area contributed by atoms with Gasteiger partial charge in [0.15, 0.2) is 11.4 Å². The van der Waals surface area contributed by atoms with Gasteiger partial charge in [-0.2, -0.15) is 4.99 Å². The van der Waals surface area contributed by atoms with Gasteiger partial charge in [-0.3, -0.25) is 4.79 Å². The number of ether oxygens (including phenoxy) is 1. The SMILES string of the molecule is Cc1cc(C)c2c(c1)sc(=NC(=O)COc1ccc(Cl)cc1)n2C. The van der Waals surface area contributed by atoms with Crippen molar-refractivity contribution in [3.8, 4) is 5.75 Å². The molecule has 0 aliphatic heterocycles. The fourth-order valence-corrected chi connectivity index (χ4v) is 3.94. The van der Waals surface area contributed by atoms with Crippen molar-refractivity contribution in [2.45, 2.75) is 13.8 Å². The van der Waals surface area contributed by atoms with E-state index >= 15 is 0 Å². The third-order valence-electron chi connectivity index (χ3n) is 3.63. The number of thiazole rings is 1. The molecule has 0 radical (unpaired) electrons. The van der Waals surface area contributed by atoms with Crippen LogP contribution in [0.1, 0.15) is 11.1 Å². The lowest BCUT2D eigenvalue weighted by molar-refractivity contribution is -0.120. The van der Waals surface area contributed by atoms with Crippen molar-refractivity contribution in [2.75, 3.05) is 6.61 Å². The summed E-state index contributed by atoms with van der Waals surface area (Å²) in [5, 5.41) is 0.626. The Hall–Kier alpha value is -2.11. The zero-order chi connectivity index (χ0) is 17.3. The molecule has 0 atom stereocenters. The topological polar surface area (TPSA) is 43.6 Å². The van der Waals surface area contributed by atoms with E-state index in [1.807, 2.05) is 11.6 Å². The number of aryl methyl sites for hydroxylation is 3. The van der Waals surface area contributed by atoms with Crippen molar-refractivity contribution in [1.82, 2.24) is 4.57 Å². The fraction of sp³-hybridized carbons (Fsp3) is 0.222. The molecule has 124 valence electrons. The summed E-state index contributed by atoms with van der Waals surface area (Å²) in [6.45, 7) is 4.03. The summed E-state index contributed by atoms with van der Waals surface area (Å²) in [6.07, 6.45) is 0. The third-order valence-corrected chi connectivity index (χ3v) is 4.96. The lowest BCUT2D eigenvalue weighted by atomic mass is 10.1. The zero-order valence-electron chi connectivity index (χ0n) is 13.7. The summed E-state index contributed by atoms with van der Waals surface area (Å²) in [6, 6.07) is 11.1. The van der Waals surface area contributed by atoms with Crippen LogP contribution in [0.3, 0.4) is 0 Å². The summed E-state index contributed by atoms with van der Waals surface area (Å²) in [5.74, 6) is 0.275. The van der Waals surface area contributed by atoms with Gasteiger partial charge in [0.2, 0.25) is 0 Å². The van der Waals surface area contributed by atoms with Gasteiger partial charge in [0.1, 0.15) is 5.75 Å². The zero-order valence-corrected chi connectivity index (χ0v) is 15.2. The second-order valence-corrected chi connectivity index (χ2v) is 7.07. The molecular formula is C18H17ClN2O2S. The Bertz CT molecular complexity index is 971. The number of hydrogen-bond acceptors (Lipinski definition) is 3. The van der Waals surface area contributed by atoms with Crippen LogP contribution in [0.25, 0.3) is 10.2 Å². The molecule has 4 nitrogen and oxygen atoms in total. The number of halogens is 1. The van der Waals surface area contributed by atoms with E-state index in [4.69, 9.17) is 16.3 Å². The maximum atomic E-state index is 12.1. The number of carbonyl (C=O) groups is 1. The summed E-state index contributed by atoms with van der Waals surface area (Å²) < 4.78 is 8.52. The average molecular weight is 361 g/mol. The Morgan fingerprint density at radius 3 is 2.67 bits per heavy atom. The maximum Gasteiger partial charge on any atom is 0.286 e. The second-order valence-electron chi connectivity index (χ2n) is 5.62. The number of rotatable bonds is 3. The Balaban J connectivity index is 1.84. The molecule has 1 amide bonds. The molecule has 0 fully saturated rings. The first kappa shape index (κ1) is 16.7. The molecule has 0 bridgehead atoms. The van der Waals surface area contributed by atoms with Crippen LogP contribution in [-0.4, -0.2) is 17.1 Å². The Kier molecular flexibility index (Phi) is 4.73. The molecule has 0 unspecified atom stereocenters. The molecule has 1 aromatic heterocycles. The second kappa shape index (κ2) is 6.79. The first-order valence-electron chi connectivity index (χ1n) is 7.47. The minimum atomic E-state index is -0.318. The van der Waals surface area contributed by atoms with Gasteiger partial charge >= 0.3 is 0 Å². The number of benzene rings is 2. The van der Waals surface area contributed by atoms with Crippen LogP contribution in [0.15, 0.2) is 41.4 Å². The van der Waals surface area contributed by atoms with Gasteiger partial charge in [0, 0.05) is 12.1 Å². The van der Waals surface area contributed by atoms with Crippen LogP contribution in [0.5, 0.6) is 5.75 Å². The van der Waals surface area contributed by atoms with Gasteiger partial charge in [0.05, 0.1) is 10.2 Å². The Labute approximate surface area is 149 Å². The van der Waals surface area contributed by atoms with Gasteiger partial charge in [-0.15, -0.1) is 0 Å². The van der Waals surface area contributed by atoms with E-state index in [2.05, 4.69) is 31.0 Å². The smallest absolute Gasteiger partial charge is 0.286 e. The van der Waals surface area contributed by atoms with E-state index in [-0.39, 0.29) is 12.5 Å². The molecule has 0 saturated carbocycles. The predicted octanol–water partition coefficient (Wildman–Crippen LogP) is 4.02. The summed E-state index contributed by atoms with van der Waals surface area (Å²) in [4.78, 5) is 17.0. The monoisotopic (exact) mass is 360 g/mol. The van der Waals surface area contributed by atoms with Crippen molar-refractivity contribution in [3.05, 3.63) is 57.3 Å². The van der Waals surface area contributed by atoms with Gasteiger partial charge in [-0.05, 0) is 55.3 Å². The molecule has 1 heterocycles. The van der Waals surface area contributed by atoms with Gasteiger partial charge in [-0.1, -0.05) is 29.0 Å². The molecule has 0 spiro atoms. The number of carbonyl (C=O) groups excluding carboxylic acids is 1. The number of amides is 1. The summed E-state index contributed by atoms with van der Waals surface area (Å²) in [7, 11) is 1.92. The van der Waals surface area contributed by atoms with E-state index in [1.54, 1.807) is 24.3 Å².